The predicted octanol–water partition coefficient (Wildman–Crippen LogP) is 5.84. The van der Waals surface area contributed by atoms with Crippen molar-refractivity contribution < 1.29 is 9.53 Å². The molecule has 0 aliphatic carbocycles. The van der Waals surface area contributed by atoms with Gasteiger partial charge in [-0.2, -0.15) is 0 Å². The molecule has 25 heavy (non-hydrogen) atoms. The van der Waals surface area contributed by atoms with E-state index in [0.717, 1.165) is 17.5 Å². The summed E-state index contributed by atoms with van der Waals surface area (Å²) in [5.74, 6) is -0.230. The molecule has 0 radical (unpaired) electrons. The van der Waals surface area contributed by atoms with E-state index >= 15 is 0 Å². The highest BCUT2D eigenvalue weighted by Crippen LogP contribution is 2.25. The monoisotopic (exact) mass is 371 g/mol. The van der Waals surface area contributed by atoms with Gasteiger partial charge in [-0.1, -0.05) is 66.5 Å². The zero-order valence-corrected chi connectivity index (χ0v) is 15.0. The summed E-state index contributed by atoms with van der Waals surface area (Å²) >= 11 is 11.6. The van der Waals surface area contributed by atoms with E-state index in [2.05, 4.69) is 36.2 Å². The summed E-state index contributed by atoms with van der Waals surface area (Å²) in [6.45, 7) is 2.12. The fourth-order valence-electron chi connectivity index (χ4n) is 2.36. The Hall–Kier alpha value is -2.36. The Bertz CT molecular complexity index is 891. The minimum absolute atomic E-state index is 0.167. The van der Waals surface area contributed by atoms with Crippen molar-refractivity contribution in [2.45, 2.75) is 13.3 Å². The molecule has 126 valence electrons. The zero-order valence-electron chi connectivity index (χ0n) is 13.5. The van der Waals surface area contributed by atoms with Crippen molar-refractivity contribution in [3.8, 4) is 16.9 Å². The van der Waals surface area contributed by atoms with Crippen LogP contribution in [0.3, 0.4) is 0 Å². The Morgan fingerprint density at radius 3 is 2.16 bits per heavy atom. The summed E-state index contributed by atoms with van der Waals surface area (Å²) in [4.78, 5) is 16.1. The van der Waals surface area contributed by atoms with Crippen molar-refractivity contribution in [1.82, 2.24) is 4.98 Å². The van der Waals surface area contributed by atoms with Gasteiger partial charge in [0.1, 0.15) is 5.15 Å². The molecule has 0 fully saturated rings. The van der Waals surface area contributed by atoms with E-state index < -0.39 is 5.97 Å². The molecule has 0 atom stereocenters. The lowest BCUT2D eigenvalue weighted by molar-refractivity contribution is 0.0734. The molecule has 3 aromatic rings. The molecule has 0 N–H and O–H groups in total. The first kappa shape index (κ1) is 17.5. The first-order valence-electron chi connectivity index (χ1n) is 7.79. The van der Waals surface area contributed by atoms with Crippen molar-refractivity contribution in [3.05, 3.63) is 82.1 Å². The summed E-state index contributed by atoms with van der Waals surface area (Å²) < 4.78 is 5.27. The highest BCUT2D eigenvalue weighted by atomic mass is 35.5. The molecule has 0 bridgehead atoms. The number of aryl methyl sites for hydroxylation is 1. The number of pyridine rings is 1. The van der Waals surface area contributed by atoms with Crippen LogP contribution in [0.1, 0.15) is 22.8 Å². The number of nitrogens with zero attached hydrogens (tertiary/aromatic N) is 1. The fraction of sp³-hybridized carbons (Fsp3) is 0.100. The van der Waals surface area contributed by atoms with Crippen LogP contribution in [-0.4, -0.2) is 11.0 Å². The van der Waals surface area contributed by atoms with E-state index in [4.69, 9.17) is 27.9 Å². The van der Waals surface area contributed by atoms with E-state index in [-0.39, 0.29) is 15.9 Å². The highest BCUT2D eigenvalue weighted by Gasteiger charge is 2.11. The number of esters is 1. The van der Waals surface area contributed by atoms with Crippen molar-refractivity contribution in [3.63, 3.8) is 0 Å². The number of ether oxygens (including phenoxy) is 1. The maximum atomic E-state index is 12.2. The van der Waals surface area contributed by atoms with Gasteiger partial charge in [0.25, 0.3) is 0 Å². The second-order valence-electron chi connectivity index (χ2n) is 5.46. The number of aromatic nitrogens is 1. The van der Waals surface area contributed by atoms with Crippen LogP contribution in [0.5, 0.6) is 5.75 Å². The summed E-state index contributed by atoms with van der Waals surface area (Å²) in [5.41, 5.74) is 3.88. The van der Waals surface area contributed by atoms with Crippen LogP contribution in [0, 0.1) is 0 Å². The van der Waals surface area contributed by atoms with Crippen molar-refractivity contribution in [2.24, 2.45) is 0 Å². The molecule has 0 aliphatic heterocycles. The van der Waals surface area contributed by atoms with Crippen LogP contribution in [-0.2, 0) is 6.42 Å². The summed E-state index contributed by atoms with van der Waals surface area (Å²) in [6, 6.07) is 17.1. The topological polar surface area (TPSA) is 39.2 Å². The first-order chi connectivity index (χ1) is 12.1. The van der Waals surface area contributed by atoms with Gasteiger partial charge in [-0.3, -0.25) is 0 Å². The fourth-order valence-corrected chi connectivity index (χ4v) is 2.62. The Balaban J connectivity index is 1.74. The van der Waals surface area contributed by atoms with Crippen LogP contribution in [0.2, 0.25) is 10.2 Å². The molecule has 0 unspecified atom stereocenters. The third-order valence-electron chi connectivity index (χ3n) is 3.80. The average Bonchev–Trinajstić information content (AvgIpc) is 2.65. The predicted molar refractivity (Wildman–Crippen MR) is 100 cm³/mol. The summed E-state index contributed by atoms with van der Waals surface area (Å²) in [6.07, 6.45) is 2.37. The summed E-state index contributed by atoms with van der Waals surface area (Å²) in [5, 5.41) is 0.401. The number of hydrogen-bond donors (Lipinski definition) is 0. The van der Waals surface area contributed by atoms with Crippen LogP contribution < -0.4 is 4.74 Å². The van der Waals surface area contributed by atoms with E-state index in [1.165, 1.54) is 17.8 Å². The van der Waals surface area contributed by atoms with Gasteiger partial charge in [0.15, 0.2) is 5.75 Å². The molecule has 0 saturated heterocycles. The number of carbonyl (C=O) groups excluding carboxylic acids is 1. The quantitative estimate of drug-likeness (QED) is 0.427. The van der Waals surface area contributed by atoms with E-state index in [9.17, 15) is 4.79 Å². The van der Waals surface area contributed by atoms with Crippen LogP contribution >= 0.6 is 23.2 Å². The number of carbonyl (C=O) groups is 1. The van der Waals surface area contributed by atoms with Gasteiger partial charge in [0.2, 0.25) is 0 Å². The average molecular weight is 372 g/mol. The number of halogens is 2. The zero-order chi connectivity index (χ0) is 17.8. The first-order valence-corrected chi connectivity index (χ1v) is 8.55. The largest absolute Gasteiger partial charge is 0.421 e. The van der Waals surface area contributed by atoms with Gasteiger partial charge in [0.05, 0.1) is 16.8 Å². The second-order valence-corrected chi connectivity index (χ2v) is 6.23. The van der Waals surface area contributed by atoms with Gasteiger partial charge in [-0.15, -0.1) is 0 Å². The lowest BCUT2D eigenvalue weighted by Gasteiger charge is -2.07. The van der Waals surface area contributed by atoms with Crippen molar-refractivity contribution >= 4 is 29.2 Å². The van der Waals surface area contributed by atoms with E-state index in [1.54, 1.807) is 12.1 Å². The molecule has 2 aromatic carbocycles. The molecule has 0 saturated carbocycles. The molecule has 1 aromatic heterocycles. The molecule has 3 nitrogen and oxygen atoms in total. The smallest absolute Gasteiger partial charge is 0.343 e. The summed E-state index contributed by atoms with van der Waals surface area (Å²) in [7, 11) is 0. The lowest BCUT2D eigenvalue weighted by atomic mass is 10.0. The van der Waals surface area contributed by atoms with Crippen LogP contribution in [0.25, 0.3) is 11.1 Å². The Kier molecular flexibility index (Phi) is 5.37. The number of rotatable bonds is 4. The molecular formula is C20H15Cl2NO2. The standard InChI is InChI=1S/C20H15Cl2NO2/c1-2-13-3-5-14(6-4-13)15-7-9-16(10-8-15)20(24)25-17-11-18(21)19(22)23-12-17/h3-12H,2H2,1H3. The molecule has 0 spiro atoms. The van der Waals surface area contributed by atoms with Gasteiger partial charge in [-0.05, 0) is 35.2 Å². The van der Waals surface area contributed by atoms with E-state index in [0.29, 0.717) is 5.56 Å². The third kappa shape index (κ3) is 4.19. The van der Waals surface area contributed by atoms with Crippen LogP contribution in [0.4, 0.5) is 0 Å². The molecule has 0 aliphatic rings. The highest BCUT2D eigenvalue weighted by molar-refractivity contribution is 6.41. The SMILES string of the molecule is CCc1ccc(-c2ccc(C(=O)Oc3cnc(Cl)c(Cl)c3)cc2)cc1. The Labute approximate surface area is 156 Å². The van der Waals surface area contributed by atoms with E-state index in [1.807, 2.05) is 12.1 Å². The Morgan fingerprint density at radius 1 is 1.00 bits per heavy atom. The van der Waals surface area contributed by atoms with Gasteiger partial charge in [-0.25, -0.2) is 9.78 Å². The minimum Gasteiger partial charge on any atom is -0.421 e. The molecular weight excluding hydrogens is 357 g/mol. The number of benzene rings is 2. The van der Waals surface area contributed by atoms with Gasteiger partial charge in [0, 0.05) is 6.07 Å². The second kappa shape index (κ2) is 7.68. The molecule has 5 heteroatoms. The van der Waals surface area contributed by atoms with Crippen LogP contribution in [0.15, 0.2) is 60.8 Å². The molecule has 3 rings (SSSR count). The van der Waals surface area contributed by atoms with Crippen molar-refractivity contribution in [2.75, 3.05) is 0 Å². The molecule has 1 heterocycles. The number of hydrogen-bond acceptors (Lipinski definition) is 3. The Morgan fingerprint density at radius 2 is 1.60 bits per heavy atom. The maximum Gasteiger partial charge on any atom is 0.343 e. The maximum absolute atomic E-state index is 12.2. The van der Waals surface area contributed by atoms with Gasteiger partial charge < -0.3 is 4.74 Å². The van der Waals surface area contributed by atoms with Gasteiger partial charge >= 0.3 is 5.97 Å². The normalized spacial score (nSPS) is 10.5. The van der Waals surface area contributed by atoms with Crippen molar-refractivity contribution in [1.29, 1.82) is 0 Å². The lowest BCUT2D eigenvalue weighted by Crippen LogP contribution is -2.08. The molecule has 0 amide bonds. The minimum atomic E-state index is -0.479. The third-order valence-corrected chi connectivity index (χ3v) is 4.48.